The average molecular weight is 602 g/mol. The third-order valence-corrected chi connectivity index (χ3v) is 6.53. The van der Waals surface area contributed by atoms with Crippen LogP contribution in [0.5, 0.6) is 0 Å². The number of hydrogen-bond donors (Lipinski definition) is 2. The van der Waals surface area contributed by atoms with Gasteiger partial charge in [0.25, 0.3) is 5.91 Å². The number of carboxylic acids is 2. The molecule has 40 heavy (non-hydrogen) atoms. The van der Waals surface area contributed by atoms with E-state index in [4.69, 9.17) is 24.5 Å². The highest BCUT2D eigenvalue weighted by molar-refractivity contribution is 7.03. The minimum Gasteiger partial charge on any atom is -0.475 e. The number of carboxylic acid groups (broad SMARTS) is 2. The molecule has 4 rings (SSSR count). The molecule has 222 valence electrons. The van der Waals surface area contributed by atoms with Crippen molar-refractivity contribution >= 4 is 29.4 Å². The summed E-state index contributed by atoms with van der Waals surface area (Å²) in [5.41, 5.74) is 1.66. The lowest BCUT2D eigenvalue weighted by atomic mass is 9.77. The molecule has 2 saturated heterocycles. The van der Waals surface area contributed by atoms with Crippen LogP contribution in [-0.2, 0) is 20.9 Å². The quantitative estimate of drug-likeness (QED) is 0.491. The maximum Gasteiger partial charge on any atom is 0.490 e. The van der Waals surface area contributed by atoms with E-state index >= 15 is 0 Å². The van der Waals surface area contributed by atoms with E-state index in [2.05, 4.69) is 26.5 Å². The summed E-state index contributed by atoms with van der Waals surface area (Å²) in [5, 5.41) is 19.9. The summed E-state index contributed by atoms with van der Waals surface area (Å²) in [6.07, 6.45) is -5.54. The van der Waals surface area contributed by atoms with Crippen molar-refractivity contribution in [2.45, 2.75) is 25.4 Å². The monoisotopic (exact) mass is 601 g/mol. The summed E-state index contributed by atoms with van der Waals surface area (Å²) in [4.78, 5) is 38.8. The number of halogens is 6. The summed E-state index contributed by atoms with van der Waals surface area (Å²) in [6.45, 7) is 4.86. The van der Waals surface area contributed by atoms with Gasteiger partial charge >= 0.3 is 24.3 Å². The minimum atomic E-state index is -5.08. The molecule has 4 heterocycles. The van der Waals surface area contributed by atoms with Gasteiger partial charge in [-0.25, -0.2) is 9.59 Å². The van der Waals surface area contributed by atoms with Gasteiger partial charge < -0.3 is 24.7 Å². The molecule has 2 fully saturated rings. The highest BCUT2D eigenvalue weighted by Crippen LogP contribution is 2.44. The van der Waals surface area contributed by atoms with Crippen molar-refractivity contribution in [3.05, 3.63) is 41.2 Å². The van der Waals surface area contributed by atoms with E-state index in [1.54, 1.807) is 11.6 Å². The van der Waals surface area contributed by atoms with Gasteiger partial charge in [0.05, 0.1) is 13.2 Å². The van der Waals surface area contributed by atoms with E-state index in [0.29, 0.717) is 24.8 Å². The number of likely N-dealkylation sites (tertiary alicyclic amines) is 2. The number of carbonyl (C=O) groups is 3. The van der Waals surface area contributed by atoms with Gasteiger partial charge in [-0.2, -0.15) is 26.3 Å². The summed E-state index contributed by atoms with van der Waals surface area (Å²) in [7, 11) is 2.15. The fraction of sp³-hybridized carbons (Fsp3) is 0.545. The molecule has 18 heteroatoms. The van der Waals surface area contributed by atoms with Crippen LogP contribution < -0.4 is 0 Å². The second kappa shape index (κ2) is 13.8. The number of hydrogen-bond acceptors (Lipinski definition) is 9. The van der Waals surface area contributed by atoms with E-state index in [1.165, 1.54) is 11.5 Å². The van der Waals surface area contributed by atoms with Crippen LogP contribution >= 0.6 is 11.5 Å². The lowest BCUT2D eigenvalue weighted by Crippen LogP contribution is -2.38. The smallest absolute Gasteiger partial charge is 0.475 e. The summed E-state index contributed by atoms with van der Waals surface area (Å²) < 4.78 is 73.3. The average Bonchev–Trinajstić information content (AvgIpc) is 3.60. The molecule has 1 spiro atoms. The molecule has 0 radical (unpaired) electrons. The lowest BCUT2D eigenvalue weighted by molar-refractivity contribution is -0.193. The van der Waals surface area contributed by atoms with Crippen molar-refractivity contribution in [2.24, 2.45) is 11.3 Å². The van der Waals surface area contributed by atoms with Gasteiger partial charge in [0.2, 0.25) is 0 Å². The van der Waals surface area contributed by atoms with Crippen molar-refractivity contribution < 1.29 is 55.7 Å². The van der Waals surface area contributed by atoms with Crippen LogP contribution in [0.3, 0.4) is 0 Å². The Morgan fingerprint density at radius 1 is 1.12 bits per heavy atom. The standard InChI is InChI=1S/C18H23N5O2S.2C2HF3O2/c1-22-8-15(10-25-9-14-3-2-5-19-7-14)18(12-22)4-6-23(13-18)17(24)16-11-26-21-20-16;2*3-2(4,5)1(6)7/h2-3,5,7,11,15H,4,6,8-10,12-13H2,1H3;2*(H,6,7)/t15-,18+;;/m0../s1. The van der Waals surface area contributed by atoms with E-state index in [9.17, 15) is 31.1 Å². The van der Waals surface area contributed by atoms with Crippen LogP contribution in [-0.4, -0.2) is 105 Å². The Hall–Kier alpha value is -3.38. The maximum absolute atomic E-state index is 12.6. The van der Waals surface area contributed by atoms with Gasteiger partial charge in [0, 0.05) is 55.3 Å². The van der Waals surface area contributed by atoms with E-state index in [0.717, 1.165) is 38.2 Å². The van der Waals surface area contributed by atoms with Crippen molar-refractivity contribution in [1.82, 2.24) is 24.4 Å². The van der Waals surface area contributed by atoms with Gasteiger partial charge in [-0.15, -0.1) is 5.10 Å². The Morgan fingerprint density at radius 2 is 1.75 bits per heavy atom. The molecule has 0 aliphatic carbocycles. The van der Waals surface area contributed by atoms with Crippen molar-refractivity contribution in [3.63, 3.8) is 0 Å². The summed E-state index contributed by atoms with van der Waals surface area (Å²) in [6, 6.07) is 3.96. The van der Waals surface area contributed by atoms with Crippen LogP contribution in [0, 0.1) is 11.3 Å². The first-order valence-electron chi connectivity index (χ1n) is 11.4. The summed E-state index contributed by atoms with van der Waals surface area (Å²) in [5.74, 6) is -5.09. The molecule has 2 aliphatic rings. The maximum atomic E-state index is 12.6. The summed E-state index contributed by atoms with van der Waals surface area (Å²) >= 11 is 1.22. The van der Waals surface area contributed by atoms with Crippen molar-refractivity contribution in [3.8, 4) is 0 Å². The second-order valence-corrected chi connectivity index (χ2v) is 9.61. The number of aromatic nitrogens is 3. The Bertz CT molecular complexity index is 1100. The van der Waals surface area contributed by atoms with Crippen LogP contribution in [0.2, 0.25) is 0 Å². The van der Waals surface area contributed by atoms with Crippen molar-refractivity contribution in [2.75, 3.05) is 39.8 Å². The molecule has 0 saturated carbocycles. The molecular weight excluding hydrogens is 576 g/mol. The molecule has 2 aliphatic heterocycles. The van der Waals surface area contributed by atoms with Gasteiger partial charge in [0.1, 0.15) is 0 Å². The number of alkyl halides is 6. The number of rotatable bonds is 5. The molecule has 0 bridgehead atoms. The zero-order valence-electron chi connectivity index (χ0n) is 20.9. The number of amides is 1. The molecule has 1 amide bonds. The first-order valence-corrected chi connectivity index (χ1v) is 12.2. The van der Waals surface area contributed by atoms with Crippen LogP contribution in [0.4, 0.5) is 26.3 Å². The van der Waals surface area contributed by atoms with Crippen molar-refractivity contribution in [1.29, 1.82) is 0 Å². The minimum absolute atomic E-state index is 0.000191. The zero-order valence-corrected chi connectivity index (χ0v) is 21.7. The molecule has 0 unspecified atom stereocenters. The first kappa shape index (κ1) is 32.8. The molecule has 2 atom stereocenters. The molecule has 2 N–H and O–H groups in total. The Balaban J connectivity index is 0.000000333. The largest absolute Gasteiger partial charge is 0.490 e. The van der Waals surface area contributed by atoms with Gasteiger partial charge in [-0.1, -0.05) is 10.6 Å². The van der Waals surface area contributed by atoms with Gasteiger partial charge in [-0.3, -0.25) is 9.78 Å². The molecule has 2 aromatic heterocycles. The Kier molecular flexibility index (Phi) is 11.3. The molecule has 0 aromatic carbocycles. The number of aliphatic carboxylic acids is 2. The van der Waals surface area contributed by atoms with Gasteiger partial charge in [0.15, 0.2) is 5.69 Å². The highest BCUT2D eigenvalue weighted by atomic mass is 32.1. The topological polar surface area (TPSA) is 146 Å². The number of pyridine rings is 1. The number of ether oxygens (including phenoxy) is 1. The van der Waals surface area contributed by atoms with E-state index in [-0.39, 0.29) is 11.3 Å². The highest BCUT2D eigenvalue weighted by Gasteiger charge is 2.50. The third-order valence-electron chi connectivity index (χ3n) is 6.03. The first-order chi connectivity index (χ1) is 18.5. The fourth-order valence-electron chi connectivity index (χ4n) is 4.28. The normalized spacial score (nSPS) is 20.9. The molecule has 2 aromatic rings. The van der Waals surface area contributed by atoms with Crippen LogP contribution in [0.1, 0.15) is 22.5 Å². The predicted octanol–water partition coefficient (Wildman–Crippen LogP) is 2.81. The fourth-order valence-corrected chi connectivity index (χ4v) is 4.71. The molecule has 11 nitrogen and oxygen atoms in total. The SMILES string of the molecule is CN1C[C@@H](COCc2cccnc2)[C@]2(CCN(C(=O)c3csnn3)C2)C1.O=C(O)C(F)(F)F.O=C(O)C(F)(F)F. The van der Waals surface area contributed by atoms with Crippen LogP contribution in [0.25, 0.3) is 0 Å². The lowest BCUT2D eigenvalue weighted by Gasteiger charge is -2.30. The van der Waals surface area contributed by atoms with E-state index < -0.39 is 24.3 Å². The molecular formula is C22H25F6N5O6S. The third kappa shape index (κ3) is 9.67. The van der Waals surface area contributed by atoms with Gasteiger partial charge in [-0.05, 0) is 36.6 Å². The zero-order chi connectivity index (χ0) is 30.1. The number of nitrogens with zero attached hydrogens (tertiary/aromatic N) is 5. The Labute approximate surface area is 227 Å². The predicted molar refractivity (Wildman–Crippen MR) is 125 cm³/mol. The number of carbonyl (C=O) groups excluding carboxylic acids is 1. The second-order valence-electron chi connectivity index (χ2n) is 9.01. The van der Waals surface area contributed by atoms with E-state index in [1.807, 2.05) is 23.2 Å². The van der Waals surface area contributed by atoms with Crippen LogP contribution in [0.15, 0.2) is 29.9 Å². The Morgan fingerprint density at radius 3 is 2.25 bits per heavy atom.